The van der Waals surface area contributed by atoms with Gasteiger partial charge in [0.25, 0.3) is 0 Å². The Morgan fingerprint density at radius 2 is 1.96 bits per heavy atom. The van der Waals surface area contributed by atoms with E-state index < -0.39 is 11.8 Å². The molecule has 0 saturated heterocycles. The van der Waals surface area contributed by atoms with Crippen molar-refractivity contribution in [3.8, 4) is 0 Å². The van der Waals surface area contributed by atoms with Crippen molar-refractivity contribution in [2.24, 2.45) is 4.99 Å². The second-order valence-corrected chi connectivity index (χ2v) is 4.69. The van der Waals surface area contributed by atoms with Crippen LogP contribution in [0.1, 0.15) is 16.1 Å². The Balaban J connectivity index is 2.10. The van der Waals surface area contributed by atoms with Crippen LogP contribution >= 0.6 is 0 Å². The van der Waals surface area contributed by atoms with Crippen LogP contribution in [0.15, 0.2) is 47.5 Å². The van der Waals surface area contributed by atoms with Crippen LogP contribution in [0.2, 0.25) is 0 Å². The first-order valence-electron chi connectivity index (χ1n) is 6.54. The summed E-state index contributed by atoms with van der Waals surface area (Å²) in [6.07, 6.45) is 0. The first kappa shape index (κ1) is 14.7. The molecule has 0 aliphatic carbocycles. The summed E-state index contributed by atoms with van der Waals surface area (Å²) in [6.45, 7) is 0. The molecule has 0 atom stereocenters. The highest BCUT2D eigenvalue weighted by atomic mass is 19.1. The van der Waals surface area contributed by atoms with E-state index >= 15 is 0 Å². The van der Waals surface area contributed by atoms with E-state index in [4.69, 9.17) is 5.11 Å². The van der Waals surface area contributed by atoms with Crippen molar-refractivity contribution in [3.63, 3.8) is 0 Å². The van der Waals surface area contributed by atoms with Gasteiger partial charge in [0.15, 0.2) is 5.84 Å². The number of aromatic carboxylic acids is 1. The molecule has 3 rings (SSSR count). The molecule has 2 aromatic carbocycles. The maximum atomic E-state index is 12.9. The van der Waals surface area contributed by atoms with Crippen LogP contribution in [-0.2, 0) is 0 Å². The second-order valence-electron chi connectivity index (χ2n) is 4.69. The zero-order valence-electron chi connectivity index (χ0n) is 11.6. The maximum absolute atomic E-state index is 12.9. The molecule has 1 heterocycles. The predicted octanol–water partition coefficient (Wildman–Crippen LogP) is 2.46. The van der Waals surface area contributed by atoms with Gasteiger partial charge in [-0.1, -0.05) is 0 Å². The lowest BCUT2D eigenvalue weighted by atomic mass is 10.1. The van der Waals surface area contributed by atoms with E-state index in [-0.39, 0.29) is 17.1 Å². The Morgan fingerprint density at radius 1 is 1.22 bits per heavy atom. The third-order valence-corrected chi connectivity index (χ3v) is 3.21. The number of nitrogens with zero attached hydrogens (tertiary/aromatic N) is 2. The van der Waals surface area contributed by atoms with E-state index in [1.165, 1.54) is 36.4 Å². The third kappa shape index (κ3) is 2.87. The van der Waals surface area contributed by atoms with E-state index in [1.807, 2.05) is 5.48 Å². The summed E-state index contributed by atoms with van der Waals surface area (Å²) in [5, 5.41) is 25.6. The lowest BCUT2D eigenvalue weighted by Crippen LogP contribution is -2.20. The number of carboxylic acids is 1. The van der Waals surface area contributed by atoms with Crippen LogP contribution in [0.4, 0.5) is 10.1 Å². The third-order valence-electron chi connectivity index (χ3n) is 3.21. The molecule has 0 spiro atoms. The van der Waals surface area contributed by atoms with E-state index in [9.17, 15) is 14.4 Å². The van der Waals surface area contributed by atoms with Crippen LogP contribution in [0.25, 0.3) is 10.9 Å². The molecule has 8 heteroatoms. The van der Waals surface area contributed by atoms with Crippen molar-refractivity contribution in [1.29, 1.82) is 0 Å². The molecule has 116 valence electrons. The van der Waals surface area contributed by atoms with E-state index in [0.717, 1.165) is 0 Å². The SMILES string of the molecule is O=C(O)c1ccc2[nH]nc(C(=Nc3ccc(F)cc3)NO)c2c1. The number of hydroxylamine groups is 1. The summed E-state index contributed by atoms with van der Waals surface area (Å²) in [5.41, 5.74) is 3.25. The van der Waals surface area contributed by atoms with E-state index in [2.05, 4.69) is 15.2 Å². The molecular formula is C15H11FN4O3. The Kier molecular flexibility index (Phi) is 3.73. The van der Waals surface area contributed by atoms with Crippen LogP contribution in [-0.4, -0.2) is 32.3 Å². The molecule has 0 aliphatic rings. The topological polar surface area (TPSA) is 111 Å². The van der Waals surface area contributed by atoms with Gasteiger partial charge in [-0.3, -0.25) is 15.8 Å². The minimum atomic E-state index is -1.08. The average molecular weight is 314 g/mol. The molecule has 0 saturated carbocycles. The van der Waals surface area contributed by atoms with Gasteiger partial charge in [-0.25, -0.2) is 14.2 Å². The fraction of sp³-hybridized carbons (Fsp3) is 0. The van der Waals surface area contributed by atoms with Crippen molar-refractivity contribution in [2.75, 3.05) is 0 Å². The number of carboxylic acid groups (broad SMARTS) is 1. The normalized spacial score (nSPS) is 11.7. The first-order valence-corrected chi connectivity index (χ1v) is 6.54. The summed E-state index contributed by atoms with van der Waals surface area (Å²) in [4.78, 5) is 15.2. The van der Waals surface area contributed by atoms with Crippen molar-refractivity contribution >= 4 is 28.4 Å². The Labute approximate surface area is 129 Å². The number of aromatic amines is 1. The predicted molar refractivity (Wildman–Crippen MR) is 80.6 cm³/mol. The van der Waals surface area contributed by atoms with Gasteiger partial charge in [-0.15, -0.1) is 0 Å². The van der Waals surface area contributed by atoms with E-state index in [1.54, 1.807) is 6.07 Å². The van der Waals surface area contributed by atoms with Gasteiger partial charge in [0, 0.05) is 5.39 Å². The monoisotopic (exact) mass is 314 g/mol. The molecule has 0 bridgehead atoms. The summed E-state index contributed by atoms with van der Waals surface area (Å²) >= 11 is 0. The Hall–Kier alpha value is -3.26. The van der Waals surface area contributed by atoms with Crippen LogP contribution < -0.4 is 5.48 Å². The molecule has 23 heavy (non-hydrogen) atoms. The number of carbonyl (C=O) groups is 1. The van der Waals surface area contributed by atoms with Crippen LogP contribution in [0, 0.1) is 5.82 Å². The molecule has 1 aromatic heterocycles. The molecule has 0 radical (unpaired) electrons. The molecule has 0 unspecified atom stereocenters. The number of hydrogen-bond donors (Lipinski definition) is 4. The lowest BCUT2D eigenvalue weighted by Gasteiger charge is -2.03. The number of aliphatic imine (C=N–C) groups is 1. The number of hydrogen-bond acceptors (Lipinski definition) is 4. The maximum Gasteiger partial charge on any atom is 0.335 e. The number of H-pyrrole nitrogens is 1. The summed E-state index contributed by atoms with van der Waals surface area (Å²) < 4.78 is 12.9. The minimum absolute atomic E-state index is 0.00500. The second kappa shape index (κ2) is 5.85. The fourth-order valence-corrected chi connectivity index (χ4v) is 2.10. The van der Waals surface area contributed by atoms with Gasteiger partial charge in [-0.2, -0.15) is 5.10 Å². The Morgan fingerprint density at radius 3 is 2.61 bits per heavy atom. The van der Waals surface area contributed by atoms with Gasteiger partial charge in [0.05, 0.1) is 16.8 Å². The molecule has 7 nitrogen and oxygen atoms in total. The van der Waals surface area contributed by atoms with Crippen LogP contribution in [0.5, 0.6) is 0 Å². The largest absolute Gasteiger partial charge is 0.478 e. The number of benzene rings is 2. The van der Waals surface area contributed by atoms with Crippen molar-refractivity contribution in [3.05, 3.63) is 59.5 Å². The zero-order chi connectivity index (χ0) is 16.4. The van der Waals surface area contributed by atoms with Gasteiger partial charge in [-0.05, 0) is 42.5 Å². The summed E-state index contributed by atoms with van der Waals surface area (Å²) in [5.74, 6) is -1.47. The quantitative estimate of drug-likeness (QED) is 0.337. The smallest absolute Gasteiger partial charge is 0.335 e. The fourth-order valence-electron chi connectivity index (χ4n) is 2.10. The Bertz CT molecular complexity index is 903. The molecule has 4 N–H and O–H groups in total. The van der Waals surface area contributed by atoms with Gasteiger partial charge in [0.1, 0.15) is 11.5 Å². The molecule has 0 fully saturated rings. The number of halogens is 1. The first-order chi connectivity index (χ1) is 11.1. The molecule has 3 aromatic rings. The lowest BCUT2D eigenvalue weighted by molar-refractivity contribution is 0.0697. The van der Waals surface area contributed by atoms with Crippen LogP contribution in [0.3, 0.4) is 0 Å². The van der Waals surface area contributed by atoms with Crippen molar-refractivity contribution < 1.29 is 19.5 Å². The van der Waals surface area contributed by atoms with Crippen molar-refractivity contribution in [1.82, 2.24) is 15.7 Å². The number of aromatic nitrogens is 2. The average Bonchev–Trinajstić information content (AvgIpc) is 2.97. The van der Waals surface area contributed by atoms with E-state index in [0.29, 0.717) is 16.6 Å². The molecular weight excluding hydrogens is 303 g/mol. The summed E-state index contributed by atoms with van der Waals surface area (Å²) in [6, 6.07) is 9.78. The zero-order valence-corrected chi connectivity index (χ0v) is 11.6. The number of rotatable bonds is 3. The molecule has 0 aliphatic heterocycles. The number of fused-ring (bicyclic) bond motifs is 1. The highest BCUT2D eigenvalue weighted by Gasteiger charge is 2.14. The van der Waals surface area contributed by atoms with Gasteiger partial charge in [0.2, 0.25) is 0 Å². The number of nitrogens with one attached hydrogen (secondary N) is 2. The minimum Gasteiger partial charge on any atom is -0.478 e. The highest BCUT2D eigenvalue weighted by Crippen LogP contribution is 2.20. The number of amidine groups is 1. The summed E-state index contributed by atoms with van der Waals surface area (Å²) in [7, 11) is 0. The highest BCUT2D eigenvalue weighted by molar-refractivity contribution is 6.09. The van der Waals surface area contributed by atoms with Crippen molar-refractivity contribution in [2.45, 2.75) is 0 Å². The van der Waals surface area contributed by atoms with Gasteiger partial charge < -0.3 is 5.11 Å². The standard InChI is InChI=1S/C15H11FN4O3/c16-9-2-4-10(5-3-9)17-14(20-23)13-11-7-8(15(21)22)1-6-12(11)18-19-13/h1-7,23H,(H,17,20)(H,18,19)(H,21,22). The van der Waals surface area contributed by atoms with Gasteiger partial charge >= 0.3 is 5.97 Å². The molecule has 0 amide bonds.